The number of nitrogens with zero attached hydrogens (tertiary/aromatic N) is 1. The van der Waals surface area contributed by atoms with E-state index in [4.69, 9.17) is 18.9 Å². The van der Waals surface area contributed by atoms with Gasteiger partial charge < -0.3 is 33.3 Å². The van der Waals surface area contributed by atoms with Crippen molar-refractivity contribution < 1.29 is 42.9 Å². The van der Waals surface area contributed by atoms with Crippen LogP contribution in [0.25, 0.3) is 0 Å². The first-order valence-corrected chi connectivity index (χ1v) is 34.2. The highest BCUT2D eigenvalue weighted by molar-refractivity contribution is 5.70. The van der Waals surface area contributed by atoms with Crippen molar-refractivity contribution in [2.24, 2.45) is 0 Å². The Morgan fingerprint density at radius 2 is 0.584 bits per heavy atom. The fourth-order valence-electron chi connectivity index (χ4n) is 10.6. The molecule has 0 aromatic rings. The summed E-state index contributed by atoms with van der Waals surface area (Å²) in [5, 5.41) is 11.8. The zero-order valence-electron chi connectivity index (χ0n) is 52.4. The minimum Gasteiger partial charge on any atom is -0.545 e. The number of carbonyl (C=O) groups is 3. The van der Waals surface area contributed by atoms with E-state index >= 15 is 0 Å². The van der Waals surface area contributed by atoms with Crippen molar-refractivity contribution in [2.75, 3.05) is 47.5 Å². The molecule has 9 heteroatoms. The number of aliphatic carboxylic acids is 1. The summed E-state index contributed by atoms with van der Waals surface area (Å²) in [6.45, 7) is 4.84. The minimum absolute atomic E-state index is 0.154. The van der Waals surface area contributed by atoms with Crippen LogP contribution < -0.4 is 5.11 Å². The summed E-state index contributed by atoms with van der Waals surface area (Å²) in [6.07, 6.45) is 67.6. The van der Waals surface area contributed by atoms with Crippen molar-refractivity contribution in [3.05, 3.63) is 0 Å². The lowest BCUT2D eigenvalue weighted by molar-refractivity contribution is -0.870. The summed E-state index contributed by atoms with van der Waals surface area (Å²) >= 11 is 0. The second kappa shape index (κ2) is 60.4. The van der Waals surface area contributed by atoms with E-state index in [1.807, 2.05) is 21.1 Å². The van der Waals surface area contributed by atoms with Crippen LogP contribution in [0, 0.1) is 0 Å². The summed E-state index contributed by atoms with van der Waals surface area (Å²) in [6, 6.07) is 0. The molecule has 0 saturated carbocycles. The molecule has 77 heavy (non-hydrogen) atoms. The van der Waals surface area contributed by atoms with Gasteiger partial charge in [-0.1, -0.05) is 335 Å². The summed E-state index contributed by atoms with van der Waals surface area (Å²) in [4.78, 5) is 37.4. The normalized spacial score (nSPS) is 12.6. The molecule has 0 saturated heterocycles. The third-order valence-electron chi connectivity index (χ3n) is 15.9. The van der Waals surface area contributed by atoms with Gasteiger partial charge in [-0.05, 0) is 12.8 Å². The number of carboxylic acids is 1. The van der Waals surface area contributed by atoms with Crippen LogP contribution in [0.5, 0.6) is 0 Å². The molecule has 458 valence electrons. The molecule has 0 heterocycles. The molecule has 2 atom stereocenters. The number of quaternary nitrogens is 1. The van der Waals surface area contributed by atoms with Crippen molar-refractivity contribution in [3.8, 4) is 0 Å². The number of hydrogen-bond acceptors (Lipinski definition) is 8. The maximum Gasteiger partial charge on any atom is 0.306 e. The molecule has 0 fully saturated rings. The van der Waals surface area contributed by atoms with Crippen LogP contribution in [0.3, 0.4) is 0 Å². The van der Waals surface area contributed by atoms with Crippen molar-refractivity contribution in [3.63, 3.8) is 0 Å². The Balaban J connectivity index is 4.04. The molecule has 0 rings (SSSR count). The number of carboxylic acid groups (broad SMARTS) is 1. The van der Waals surface area contributed by atoms with Crippen molar-refractivity contribution in [1.29, 1.82) is 0 Å². The molecule has 0 aliphatic heterocycles. The molecule has 0 N–H and O–H groups in total. The van der Waals surface area contributed by atoms with Gasteiger partial charge in [-0.15, -0.1) is 0 Å². The molecule has 0 aromatic carbocycles. The van der Waals surface area contributed by atoms with E-state index < -0.39 is 24.3 Å². The largest absolute Gasteiger partial charge is 0.545 e. The van der Waals surface area contributed by atoms with E-state index in [9.17, 15) is 19.5 Å². The zero-order valence-corrected chi connectivity index (χ0v) is 52.4. The minimum atomic E-state index is -1.62. The van der Waals surface area contributed by atoms with E-state index in [-0.39, 0.29) is 32.2 Å². The molecule has 0 aromatic heterocycles. The predicted octanol–water partition coefficient (Wildman–Crippen LogP) is 19.4. The van der Waals surface area contributed by atoms with Gasteiger partial charge in [-0.3, -0.25) is 9.59 Å². The summed E-state index contributed by atoms with van der Waals surface area (Å²) in [5.41, 5.74) is 0. The van der Waals surface area contributed by atoms with Crippen LogP contribution >= 0.6 is 0 Å². The maximum absolute atomic E-state index is 12.9. The average Bonchev–Trinajstić information content (AvgIpc) is 3.40. The van der Waals surface area contributed by atoms with Crippen LogP contribution in [-0.4, -0.2) is 82.3 Å². The Morgan fingerprint density at radius 3 is 0.831 bits per heavy atom. The molecule has 0 aliphatic carbocycles. The molecule has 0 radical (unpaired) electrons. The Labute approximate surface area is 479 Å². The molecule has 0 aliphatic rings. The molecule has 0 bridgehead atoms. The predicted molar refractivity (Wildman–Crippen MR) is 325 cm³/mol. The zero-order chi connectivity index (χ0) is 56.2. The first-order valence-electron chi connectivity index (χ1n) is 34.2. The quantitative estimate of drug-likeness (QED) is 0.0256. The first kappa shape index (κ1) is 75.3. The highest BCUT2D eigenvalue weighted by atomic mass is 16.7. The van der Waals surface area contributed by atoms with Crippen molar-refractivity contribution >= 4 is 17.9 Å². The van der Waals surface area contributed by atoms with E-state index in [2.05, 4.69) is 13.8 Å². The van der Waals surface area contributed by atoms with Gasteiger partial charge in [0.25, 0.3) is 0 Å². The molecule has 0 amide bonds. The summed E-state index contributed by atoms with van der Waals surface area (Å²) < 4.78 is 22.8. The molecular formula is C68H133NO8. The lowest BCUT2D eigenvalue weighted by atomic mass is 10.0. The van der Waals surface area contributed by atoms with Gasteiger partial charge in [0.05, 0.1) is 40.3 Å². The SMILES string of the molecule is CCCCCCCCCCCCCCCCCCCCCCCCCCCCCCCCCC(=O)OC(COC(=O)CCCCCCCCCCCCCCCCCCCCCCC)COC(OCC[N+](C)(C)C)C(=O)[O-]. The molecule has 2 unspecified atom stereocenters. The average molecular weight is 1090 g/mol. The van der Waals surface area contributed by atoms with E-state index in [1.54, 1.807) is 0 Å². The van der Waals surface area contributed by atoms with Gasteiger partial charge in [0.15, 0.2) is 12.4 Å². The van der Waals surface area contributed by atoms with Gasteiger partial charge >= 0.3 is 11.9 Å². The Morgan fingerprint density at radius 1 is 0.338 bits per heavy atom. The van der Waals surface area contributed by atoms with E-state index in [0.29, 0.717) is 17.4 Å². The second-order valence-corrected chi connectivity index (χ2v) is 24.8. The third-order valence-corrected chi connectivity index (χ3v) is 15.9. The second-order valence-electron chi connectivity index (χ2n) is 24.8. The summed E-state index contributed by atoms with van der Waals surface area (Å²) in [7, 11) is 5.95. The van der Waals surface area contributed by atoms with Gasteiger partial charge in [0.1, 0.15) is 13.2 Å². The smallest absolute Gasteiger partial charge is 0.306 e. The van der Waals surface area contributed by atoms with Crippen LogP contribution in [0.2, 0.25) is 0 Å². The number of unbranched alkanes of at least 4 members (excludes halogenated alkanes) is 50. The van der Waals surface area contributed by atoms with Gasteiger partial charge in [0.2, 0.25) is 0 Å². The van der Waals surface area contributed by atoms with Crippen LogP contribution in [-0.2, 0) is 33.3 Å². The van der Waals surface area contributed by atoms with Crippen LogP contribution in [0.15, 0.2) is 0 Å². The van der Waals surface area contributed by atoms with E-state index in [0.717, 1.165) is 38.5 Å². The highest BCUT2D eigenvalue weighted by Crippen LogP contribution is 2.19. The van der Waals surface area contributed by atoms with Crippen molar-refractivity contribution in [1.82, 2.24) is 0 Å². The number of ether oxygens (including phenoxy) is 4. The number of likely N-dealkylation sites (N-methyl/N-ethyl adjacent to an activating group) is 1. The van der Waals surface area contributed by atoms with Crippen LogP contribution in [0.4, 0.5) is 0 Å². The molecule has 0 spiro atoms. The molecule has 9 nitrogen and oxygen atoms in total. The van der Waals surface area contributed by atoms with E-state index in [1.165, 1.54) is 295 Å². The fourth-order valence-corrected chi connectivity index (χ4v) is 10.6. The third kappa shape index (κ3) is 61.8. The lowest BCUT2D eigenvalue weighted by Crippen LogP contribution is -2.44. The molecular weight excluding hydrogens is 959 g/mol. The standard InChI is InChI=1S/C68H133NO8/c1-6-8-10-12-14-16-18-20-22-24-26-28-29-30-31-32-33-34-35-36-37-39-41-43-45-47-49-51-53-55-57-59-66(71)77-64(63-76-68(67(72)73)74-61-60-69(3,4)5)62-75-65(70)58-56-54-52-50-48-46-44-42-40-38-27-25-23-21-19-17-15-13-11-9-7-2/h64,68H,6-63H2,1-5H3. The fraction of sp³-hybridized carbons (Fsp3) is 0.956. The van der Waals surface area contributed by atoms with Crippen LogP contribution in [0.1, 0.15) is 361 Å². The van der Waals surface area contributed by atoms with Crippen molar-refractivity contribution in [2.45, 2.75) is 373 Å². The maximum atomic E-state index is 12.9. The lowest BCUT2D eigenvalue weighted by Gasteiger charge is -2.26. The number of rotatable bonds is 65. The number of esters is 2. The Hall–Kier alpha value is -1.71. The number of carbonyl (C=O) groups excluding carboxylic acids is 3. The van der Waals surface area contributed by atoms with Gasteiger partial charge in [-0.2, -0.15) is 0 Å². The first-order chi connectivity index (χ1) is 37.6. The van der Waals surface area contributed by atoms with Gasteiger partial charge in [0, 0.05) is 12.8 Å². The summed E-state index contributed by atoms with van der Waals surface area (Å²) in [5.74, 6) is -2.24. The Kier molecular flexibility index (Phi) is 59.0. The number of hydrogen-bond donors (Lipinski definition) is 0. The Bertz CT molecular complexity index is 1220. The monoisotopic (exact) mass is 1090 g/mol. The topological polar surface area (TPSA) is 111 Å². The van der Waals surface area contributed by atoms with Gasteiger partial charge in [-0.25, -0.2) is 0 Å². The highest BCUT2D eigenvalue weighted by Gasteiger charge is 2.22.